The lowest BCUT2D eigenvalue weighted by atomic mass is 9.66. The van der Waals surface area contributed by atoms with Gasteiger partial charge in [-0.1, -0.05) is 72.4 Å². The van der Waals surface area contributed by atoms with E-state index in [1.54, 1.807) is 18.2 Å². The van der Waals surface area contributed by atoms with Crippen LogP contribution in [-0.4, -0.2) is 18.9 Å². The highest BCUT2D eigenvalue weighted by atomic mass is 32.1. The molecular formula is C33H24O3S3. The minimum absolute atomic E-state index is 0.226. The second-order valence-corrected chi connectivity index (χ2v) is 11.2. The van der Waals surface area contributed by atoms with Crippen molar-refractivity contribution >= 4 is 56.7 Å². The van der Waals surface area contributed by atoms with Gasteiger partial charge in [0.05, 0.1) is 16.2 Å². The molecule has 39 heavy (non-hydrogen) atoms. The molecule has 0 heterocycles. The SMILES string of the molecule is C#CC1(c2cc(C3(C#C)C=CC(S)=C(C=O)C3)cc(C3(C#C)C=CC(S)=C(C=O)C3)c2)C=CC(S)=C(C=O)C1. The van der Waals surface area contributed by atoms with E-state index in [1.165, 1.54) is 0 Å². The first kappa shape index (κ1) is 28.4. The molecule has 0 saturated heterocycles. The maximum atomic E-state index is 11.9. The van der Waals surface area contributed by atoms with Crippen molar-refractivity contribution in [1.29, 1.82) is 0 Å². The summed E-state index contributed by atoms with van der Waals surface area (Å²) in [6, 6.07) is 5.73. The first-order valence-electron chi connectivity index (χ1n) is 11.9. The first-order chi connectivity index (χ1) is 18.6. The normalized spacial score (nSPS) is 28.0. The molecule has 3 aliphatic rings. The second-order valence-electron chi connectivity index (χ2n) is 9.76. The van der Waals surface area contributed by atoms with Crippen molar-refractivity contribution in [3.05, 3.63) is 103 Å². The third kappa shape index (κ3) is 4.84. The highest BCUT2D eigenvalue weighted by Crippen LogP contribution is 2.46. The van der Waals surface area contributed by atoms with Crippen LogP contribution in [0.3, 0.4) is 0 Å². The number of hydrogen-bond donors (Lipinski definition) is 3. The minimum atomic E-state index is -0.994. The van der Waals surface area contributed by atoms with E-state index in [0.717, 1.165) is 18.9 Å². The van der Waals surface area contributed by atoms with E-state index in [9.17, 15) is 14.4 Å². The van der Waals surface area contributed by atoms with Crippen molar-refractivity contribution in [2.45, 2.75) is 35.5 Å². The summed E-state index contributed by atoms with van der Waals surface area (Å²) in [6.45, 7) is 0. The van der Waals surface area contributed by atoms with E-state index in [-0.39, 0.29) is 19.3 Å². The van der Waals surface area contributed by atoms with Crippen molar-refractivity contribution in [3.8, 4) is 37.0 Å². The Kier molecular flexibility index (Phi) is 7.92. The molecule has 0 amide bonds. The van der Waals surface area contributed by atoms with E-state index >= 15 is 0 Å². The summed E-state index contributed by atoms with van der Waals surface area (Å²) in [4.78, 5) is 37.2. The molecule has 0 unspecified atom stereocenters. The Morgan fingerprint density at radius 2 is 0.821 bits per heavy atom. The molecule has 1 aromatic carbocycles. The topological polar surface area (TPSA) is 51.2 Å². The molecular weight excluding hydrogens is 541 g/mol. The third-order valence-electron chi connectivity index (χ3n) is 7.65. The zero-order chi connectivity index (χ0) is 28.4. The molecule has 0 N–H and O–H groups in total. The maximum Gasteiger partial charge on any atom is 0.147 e. The Hall–Kier alpha value is -3.60. The van der Waals surface area contributed by atoms with Gasteiger partial charge in [0.15, 0.2) is 0 Å². The number of allylic oxidation sites excluding steroid dienone is 9. The lowest BCUT2D eigenvalue weighted by Crippen LogP contribution is -2.31. The lowest BCUT2D eigenvalue weighted by molar-refractivity contribution is -0.105. The monoisotopic (exact) mass is 564 g/mol. The molecule has 6 heteroatoms. The van der Waals surface area contributed by atoms with Crippen LogP contribution in [0.2, 0.25) is 0 Å². The summed E-state index contributed by atoms with van der Waals surface area (Å²) < 4.78 is 0. The van der Waals surface area contributed by atoms with Crippen LogP contribution in [0.25, 0.3) is 0 Å². The van der Waals surface area contributed by atoms with Crippen LogP contribution in [0.1, 0.15) is 36.0 Å². The van der Waals surface area contributed by atoms with Crippen molar-refractivity contribution in [2.24, 2.45) is 0 Å². The molecule has 0 spiro atoms. The Morgan fingerprint density at radius 3 is 1.03 bits per heavy atom. The molecule has 0 aliphatic heterocycles. The fourth-order valence-corrected chi connectivity index (χ4v) is 5.80. The predicted octanol–water partition coefficient (Wildman–Crippen LogP) is 5.33. The Morgan fingerprint density at radius 1 is 0.564 bits per heavy atom. The van der Waals surface area contributed by atoms with Crippen molar-refractivity contribution in [1.82, 2.24) is 0 Å². The van der Waals surface area contributed by atoms with E-state index in [2.05, 4.69) is 55.6 Å². The van der Waals surface area contributed by atoms with Crippen LogP contribution in [0.15, 0.2) is 86.1 Å². The molecule has 0 atom stereocenters. The molecule has 1 aromatic rings. The van der Waals surface area contributed by atoms with Gasteiger partial charge in [0.1, 0.15) is 18.9 Å². The van der Waals surface area contributed by atoms with Gasteiger partial charge >= 0.3 is 0 Å². The third-order valence-corrected chi connectivity index (χ3v) is 8.96. The molecule has 4 rings (SSSR count). The van der Waals surface area contributed by atoms with Crippen LogP contribution in [0.4, 0.5) is 0 Å². The lowest BCUT2D eigenvalue weighted by Gasteiger charge is -2.36. The quantitative estimate of drug-likeness (QED) is 0.249. The minimum Gasteiger partial charge on any atom is -0.298 e. The first-order valence-corrected chi connectivity index (χ1v) is 13.3. The Labute approximate surface area is 245 Å². The molecule has 192 valence electrons. The molecule has 3 aliphatic carbocycles. The number of aldehydes is 3. The second kappa shape index (κ2) is 10.9. The van der Waals surface area contributed by atoms with Gasteiger partial charge in [-0.05, 0) is 16.7 Å². The van der Waals surface area contributed by atoms with Crippen molar-refractivity contribution in [3.63, 3.8) is 0 Å². The zero-order valence-corrected chi connectivity index (χ0v) is 23.5. The number of thiol groups is 3. The number of rotatable bonds is 6. The Balaban J connectivity index is 2.02. The smallest absolute Gasteiger partial charge is 0.147 e. The fourth-order valence-electron chi connectivity index (χ4n) is 5.18. The van der Waals surface area contributed by atoms with Crippen molar-refractivity contribution in [2.75, 3.05) is 0 Å². The van der Waals surface area contributed by atoms with Gasteiger partial charge in [-0.25, -0.2) is 0 Å². The van der Waals surface area contributed by atoms with Gasteiger partial charge in [-0.3, -0.25) is 14.4 Å². The summed E-state index contributed by atoms with van der Waals surface area (Å²) in [5, 5.41) is 0. The summed E-state index contributed by atoms with van der Waals surface area (Å²) in [7, 11) is 0. The molecule has 0 radical (unpaired) electrons. The number of benzene rings is 1. The van der Waals surface area contributed by atoms with E-state index in [1.807, 2.05) is 36.4 Å². The maximum absolute atomic E-state index is 11.9. The highest BCUT2D eigenvalue weighted by molar-refractivity contribution is 7.85. The van der Waals surface area contributed by atoms with Crippen molar-refractivity contribution < 1.29 is 14.4 Å². The number of terminal acetylenes is 3. The summed E-state index contributed by atoms with van der Waals surface area (Å²) in [6.07, 6.45) is 32.1. The summed E-state index contributed by atoms with van der Waals surface area (Å²) in [5.74, 6) is 8.66. The number of carbonyl (C=O) groups is 3. The van der Waals surface area contributed by atoms with Crippen LogP contribution < -0.4 is 0 Å². The van der Waals surface area contributed by atoms with Crippen LogP contribution in [0.5, 0.6) is 0 Å². The van der Waals surface area contributed by atoms with E-state index < -0.39 is 16.2 Å². The van der Waals surface area contributed by atoms with Gasteiger partial charge in [-0.15, -0.1) is 57.2 Å². The number of carbonyl (C=O) groups excluding carboxylic acids is 3. The highest BCUT2D eigenvalue weighted by Gasteiger charge is 2.40. The largest absolute Gasteiger partial charge is 0.298 e. The molecule has 0 fully saturated rings. The van der Waals surface area contributed by atoms with Gasteiger partial charge in [-0.2, -0.15) is 0 Å². The molecule has 3 nitrogen and oxygen atoms in total. The molecule has 0 saturated carbocycles. The standard InChI is InChI=1S/C33H24O3S3/c1-4-31(10-7-28(37)22(16-31)19-34)25-13-26(32(5-2)11-8-29(38)23(17-32)20-35)15-27(14-25)33(6-3)12-9-30(39)24(18-33)21-36/h1-3,7-15,19-21,37-39H,16-18H2. The van der Waals surface area contributed by atoms with E-state index in [0.29, 0.717) is 48.1 Å². The van der Waals surface area contributed by atoms with Crippen LogP contribution >= 0.6 is 37.9 Å². The predicted molar refractivity (Wildman–Crippen MR) is 165 cm³/mol. The summed E-state index contributed by atoms with van der Waals surface area (Å²) in [5.41, 5.74) is 0.510. The van der Waals surface area contributed by atoms with Gasteiger partial charge in [0.25, 0.3) is 0 Å². The van der Waals surface area contributed by atoms with E-state index in [4.69, 9.17) is 19.3 Å². The van der Waals surface area contributed by atoms with Crippen LogP contribution in [0, 0.1) is 37.0 Å². The zero-order valence-electron chi connectivity index (χ0n) is 20.8. The van der Waals surface area contributed by atoms with Crippen LogP contribution in [-0.2, 0) is 30.6 Å². The average Bonchev–Trinajstić information content (AvgIpc) is 2.98. The Bertz CT molecular complexity index is 1410. The average molecular weight is 565 g/mol. The molecule has 0 aromatic heterocycles. The van der Waals surface area contributed by atoms with Gasteiger partial charge in [0.2, 0.25) is 0 Å². The number of hydrogen-bond acceptors (Lipinski definition) is 6. The van der Waals surface area contributed by atoms with Gasteiger partial charge < -0.3 is 0 Å². The fraction of sp³-hybridized carbons (Fsp3) is 0.182. The van der Waals surface area contributed by atoms with Gasteiger partial charge in [0, 0.05) is 50.7 Å². The summed E-state index contributed by atoms with van der Waals surface area (Å²) >= 11 is 13.3. The molecule has 0 bridgehead atoms.